The van der Waals surface area contributed by atoms with E-state index in [-0.39, 0.29) is 6.04 Å². The molecule has 1 aromatic heterocycles. The summed E-state index contributed by atoms with van der Waals surface area (Å²) in [6.45, 7) is 5.45. The molecule has 0 radical (unpaired) electrons. The molecule has 0 aliphatic carbocycles. The minimum atomic E-state index is -3.30. The molecule has 1 aliphatic heterocycles. The van der Waals surface area contributed by atoms with Gasteiger partial charge in [0.15, 0.2) is 0 Å². The lowest BCUT2D eigenvalue weighted by atomic mass is 10.1. The molecule has 0 saturated carbocycles. The second-order valence-corrected chi connectivity index (χ2v) is 7.93. The fourth-order valence-electron chi connectivity index (χ4n) is 2.49. The van der Waals surface area contributed by atoms with E-state index in [1.54, 1.807) is 15.8 Å². The molecular formula is C12H20N2O2S2. The first kappa shape index (κ1) is 14.0. The lowest BCUT2D eigenvalue weighted by Gasteiger charge is -2.20. The van der Waals surface area contributed by atoms with Gasteiger partial charge in [-0.25, -0.2) is 8.42 Å². The third kappa shape index (κ3) is 2.61. The first-order chi connectivity index (χ1) is 8.45. The van der Waals surface area contributed by atoms with Crippen molar-refractivity contribution in [1.29, 1.82) is 0 Å². The number of thiophene rings is 1. The fraction of sp³-hybridized carbons (Fsp3) is 0.667. The zero-order chi connectivity index (χ0) is 13.3. The predicted molar refractivity (Wildman–Crippen MR) is 74.2 cm³/mol. The van der Waals surface area contributed by atoms with Gasteiger partial charge in [0.05, 0.1) is 4.90 Å². The molecule has 102 valence electrons. The molecule has 4 nitrogen and oxygen atoms in total. The summed E-state index contributed by atoms with van der Waals surface area (Å²) in [4.78, 5) is 1.50. The highest BCUT2D eigenvalue weighted by Crippen LogP contribution is 2.30. The minimum Gasteiger partial charge on any atom is -0.315 e. The first-order valence-corrected chi connectivity index (χ1v) is 8.51. The zero-order valence-corrected chi connectivity index (χ0v) is 12.6. The van der Waals surface area contributed by atoms with E-state index in [1.807, 2.05) is 14.0 Å². The van der Waals surface area contributed by atoms with Crippen LogP contribution in [0.3, 0.4) is 0 Å². The molecule has 2 heterocycles. The van der Waals surface area contributed by atoms with Crippen molar-refractivity contribution in [3.05, 3.63) is 16.3 Å². The Hall–Kier alpha value is -0.430. The summed E-state index contributed by atoms with van der Waals surface area (Å²) in [6.07, 6.45) is 0.951. The highest BCUT2D eigenvalue weighted by Gasteiger charge is 2.36. The molecule has 1 aromatic rings. The van der Waals surface area contributed by atoms with Crippen LogP contribution in [0.4, 0.5) is 0 Å². The van der Waals surface area contributed by atoms with Gasteiger partial charge in [0.2, 0.25) is 10.0 Å². The summed E-state index contributed by atoms with van der Waals surface area (Å²) in [7, 11) is -1.44. The van der Waals surface area contributed by atoms with Crippen LogP contribution in [0.15, 0.2) is 16.3 Å². The van der Waals surface area contributed by atoms with E-state index in [4.69, 9.17) is 0 Å². The van der Waals surface area contributed by atoms with Crippen molar-refractivity contribution < 1.29 is 8.42 Å². The van der Waals surface area contributed by atoms with E-state index < -0.39 is 10.0 Å². The Bertz CT molecular complexity index is 510. The third-order valence-electron chi connectivity index (χ3n) is 3.31. The van der Waals surface area contributed by atoms with Gasteiger partial charge in [-0.15, -0.1) is 11.3 Å². The largest absolute Gasteiger partial charge is 0.315 e. The van der Waals surface area contributed by atoms with Gasteiger partial charge in [0, 0.05) is 29.4 Å². The SMILES string of the molecule is CNCc1cc(S(=O)(=O)N2CC(C)CC2C)cs1. The Morgan fingerprint density at radius 3 is 2.78 bits per heavy atom. The van der Waals surface area contributed by atoms with E-state index >= 15 is 0 Å². The number of hydrogen-bond acceptors (Lipinski definition) is 4. The molecule has 0 bridgehead atoms. The van der Waals surface area contributed by atoms with Gasteiger partial charge in [-0.3, -0.25) is 0 Å². The highest BCUT2D eigenvalue weighted by molar-refractivity contribution is 7.89. The minimum absolute atomic E-state index is 0.109. The average Bonchev–Trinajstić information content (AvgIpc) is 2.86. The molecule has 2 unspecified atom stereocenters. The number of rotatable bonds is 4. The number of hydrogen-bond donors (Lipinski definition) is 1. The molecule has 1 fully saturated rings. The predicted octanol–water partition coefficient (Wildman–Crippen LogP) is 1.89. The van der Waals surface area contributed by atoms with E-state index in [2.05, 4.69) is 12.2 Å². The molecule has 0 spiro atoms. The van der Waals surface area contributed by atoms with Gasteiger partial charge in [-0.05, 0) is 32.4 Å². The van der Waals surface area contributed by atoms with Gasteiger partial charge in [-0.2, -0.15) is 4.31 Å². The van der Waals surface area contributed by atoms with Crippen LogP contribution in [0.1, 0.15) is 25.1 Å². The topological polar surface area (TPSA) is 49.4 Å². The number of nitrogens with one attached hydrogen (secondary N) is 1. The van der Waals surface area contributed by atoms with Gasteiger partial charge in [-0.1, -0.05) is 6.92 Å². The Labute approximate surface area is 113 Å². The second kappa shape index (κ2) is 5.28. The van der Waals surface area contributed by atoms with Crippen molar-refractivity contribution in [2.24, 2.45) is 5.92 Å². The number of nitrogens with zero attached hydrogens (tertiary/aromatic N) is 1. The van der Waals surface area contributed by atoms with Crippen LogP contribution in [-0.4, -0.2) is 32.4 Å². The van der Waals surface area contributed by atoms with E-state index in [1.165, 1.54) is 11.3 Å². The molecule has 18 heavy (non-hydrogen) atoms. The molecule has 0 amide bonds. The Balaban J connectivity index is 2.24. The molecular weight excluding hydrogens is 268 g/mol. The fourth-order valence-corrected chi connectivity index (χ4v) is 5.53. The van der Waals surface area contributed by atoms with E-state index in [9.17, 15) is 8.42 Å². The smallest absolute Gasteiger partial charge is 0.244 e. The van der Waals surface area contributed by atoms with Crippen molar-refractivity contribution in [1.82, 2.24) is 9.62 Å². The van der Waals surface area contributed by atoms with Crippen molar-refractivity contribution >= 4 is 21.4 Å². The molecule has 1 saturated heterocycles. The molecule has 2 rings (SSSR count). The molecule has 0 aromatic carbocycles. The van der Waals surface area contributed by atoms with Crippen LogP contribution in [0.2, 0.25) is 0 Å². The maximum Gasteiger partial charge on any atom is 0.244 e. The van der Waals surface area contributed by atoms with E-state index in [0.29, 0.717) is 23.9 Å². The Morgan fingerprint density at radius 1 is 1.50 bits per heavy atom. The van der Waals surface area contributed by atoms with Crippen molar-refractivity contribution in [3.8, 4) is 0 Å². The lowest BCUT2D eigenvalue weighted by Crippen LogP contribution is -2.33. The summed E-state index contributed by atoms with van der Waals surface area (Å²) < 4.78 is 26.7. The Morgan fingerprint density at radius 2 is 2.22 bits per heavy atom. The maximum atomic E-state index is 12.5. The van der Waals surface area contributed by atoms with Gasteiger partial charge in [0.25, 0.3) is 0 Å². The van der Waals surface area contributed by atoms with Crippen molar-refractivity contribution in [3.63, 3.8) is 0 Å². The van der Waals surface area contributed by atoms with Crippen molar-refractivity contribution in [2.75, 3.05) is 13.6 Å². The summed E-state index contributed by atoms with van der Waals surface area (Å²) in [5.74, 6) is 0.449. The van der Waals surface area contributed by atoms with Gasteiger partial charge >= 0.3 is 0 Å². The molecule has 2 atom stereocenters. The summed E-state index contributed by atoms with van der Waals surface area (Å²) in [6, 6.07) is 1.89. The van der Waals surface area contributed by atoms with Gasteiger partial charge < -0.3 is 5.32 Å². The second-order valence-electron chi connectivity index (χ2n) is 5.04. The standard InChI is InChI=1S/C12H20N2O2S2/c1-9-4-10(2)14(7-9)18(15,16)12-5-11(6-13-3)17-8-12/h5,8-10,13H,4,6-7H2,1-3H3. The lowest BCUT2D eigenvalue weighted by molar-refractivity contribution is 0.405. The van der Waals surface area contributed by atoms with Crippen LogP contribution in [0.25, 0.3) is 0 Å². The molecule has 1 aliphatic rings. The normalized spacial score (nSPS) is 25.7. The van der Waals surface area contributed by atoms with Crippen LogP contribution >= 0.6 is 11.3 Å². The van der Waals surface area contributed by atoms with Crippen LogP contribution in [-0.2, 0) is 16.6 Å². The molecule has 6 heteroatoms. The van der Waals surface area contributed by atoms with Gasteiger partial charge in [0.1, 0.15) is 0 Å². The third-order valence-corrected chi connectivity index (χ3v) is 6.36. The van der Waals surface area contributed by atoms with Crippen LogP contribution in [0, 0.1) is 5.92 Å². The quantitative estimate of drug-likeness (QED) is 0.920. The first-order valence-electron chi connectivity index (χ1n) is 6.19. The highest BCUT2D eigenvalue weighted by atomic mass is 32.2. The van der Waals surface area contributed by atoms with Crippen LogP contribution < -0.4 is 5.32 Å². The molecule has 1 N–H and O–H groups in total. The number of sulfonamides is 1. The van der Waals surface area contributed by atoms with E-state index in [0.717, 1.165) is 11.3 Å². The van der Waals surface area contributed by atoms with Crippen molar-refractivity contribution in [2.45, 2.75) is 37.8 Å². The Kier molecular flexibility index (Phi) is 4.11. The maximum absolute atomic E-state index is 12.5. The summed E-state index contributed by atoms with van der Waals surface area (Å²) >= 11 is 1.49. The van der Waals surface area contributed by atoms with Crippen LogP contribution in [0.5, 0.6) is 0 Å². The average molecular weight is 288 g/mol. The monoisotopic (exact) mass is 288 g/mol. The summed E-state index contributed by atoms with van der Waals surface area (Å²) in [5.41, 5.74) is 0. The summed E-state index contributed by atoms with van der Waals surface area (Å²) in [5, 5.41) is 4.78. The zero-order valence-electron chi connectivity index (χ0n) is 11.0.